The monoisotopic (exact) mass is 361 g/mol. The van der Waals surface area contributed by atoms with Crippen LogP contribution in [0.5, 0.6) is 0 Å². The molecule has 0 radical (unpaired) electrons. The van der Waals surface area contributed by atoms with Crippen molar-refractivity contribution < 1.29 is 20.1 Å². The van der Waals surface area contributed by atoms with E-state index in [9.17, 15) is 20.1 Å². The number of aliphatic hydroxyl groups is 3. The third kappa shape index (κ3) is 3.34. The van der Waals surface area contributed by atoms with Crippen molar-refractivity contribution in [2.45, 2.75) is 30.8 Å². The Morgan fingerprint density at radius 1 is 1.19 bits per heavy atom. The molecule has 0 unspecified atom stereocenters. The summed E-state index contributed by atoms with van der Waals surface area (Å²) in [6, 6.07) is 8.14. The first kappa shape index (κ1) is 18.5. The van der Waals surface area contributed by atoms with Crippen LogP contribution < -0.4 is 5.32 Å². The molecule has 1 aliphatic heterocycles. The first-order chi connectivity index (χ1) is 12.4. The van der Waals surface area contributed by atoms with Crippen LogP contribution in [0.4, 0.5) is 0 Å². The fourth-order valence-electron chi connectivity index (χ4n) is 3.13. The molecule has 1 saturated heterocycles. The number of nitrogens with one attached hydrogen (secondary N) is 1. The van der Waals surface area contributed by atoms with Crippen molar-refractivity contribution in [3.8, 4) is 11.3 Å². The molecule has 1 aromatic heterocycles. The molecule has 1 fully saturated rings. The lowest BCUT2D eigenvalue weighted by atomic mass is 10.1. The van der Waals surface area contributed by atoms with E-state index in [0.29, 0.717) is 5.69 Å². The molecule has 9 heteroatoms. The molecule has 4 N–H and O–H groups in total. The van der Waals surface area contributed by atoms with E-state index >= 15 is 0 Å². The number of amides is 1. The van der Waals surface area contributed by atoms with E-state index in [-0.39, 0.29) is 24.8 Å². The van der Waals surface area contributed by atoms with Gasteiger partial charge in [-0.1, -0.05) is 35.5 Å². The summed E-state index contributed by atoms with van der Waals surface area (Å²) in [7, 11) is 3.28. The summed E-state index contributed by atoms with van der Waals surface area (Å²) in [6.07, 6.45) is -2.13. The number of hydrogen-bond donors (Lipinski definition) is 4. The molecule has 0 bridgehead atoms. The van der Waals surface area contributed by atoms with Gasteiger partial charge in [-0.3, -0.25) is 4.79 Å². The summed E-state index contributed by atoms with van der Waals surface area (Å²) in [6.45, 7) is -0.103. The van der Waals surface area contributed by atoms with Crippen molar-refractivity contribution in [2.24, 2.45) is 0 Å². The number of nitrogens with zero attached hydrogens (tertiary/aromatic N) is 4. The Hall–Kier alpha value is -2.33. The minimum absolute atomic E-state index is 0.187. The Balaban J connectivity index is 1.96. The maximum Gasteiger partial charge on any atom is 0.276 e. The molecule has 3 rings (SSSR count). The maximum absolute atomic E-state index is 12.5. The van der Waals surface area contributed by atoms with Crippen molar-refractivity contribution in [1.29, 1.82) is 0 Å². The van der Waals surface area contributed by atoms with E-state index in [1.54, 1.807) is 18.8 Å². The first-order valence-corrected chi connectivity index (χ1v) is 8.37. The van der Waals surface area contributed by atoms with Crippen molar-refractivity contribution in [2.75, 3.05) is 20.7 Å². The highest BCUT2D eigenvalue weighted by Gasteiger charge is 2.41. The molecular weight excluding hydrogens is 338 g/mol. The van der Waals surface area contributed by atoms with Gasteiger partial charge in [-0.15, -0.1) is 5.10 Å². The van der Waals surface area contributed by atoms with Crippen LogP contribution in [0, 0.1) is 0 Å². The van der Waals surface area contributed by atoms with E-state index in [1.807, 2.05) is 30.3 Å². The maximum atomic E-state index is 12.5. The van der Waals surface area contributed by atoms with Gasteiger partial charge in [0.05, 0.1) is 37.4 Å². The lowest BCUT2D eigenvalue weighted by molar-refractivity contribution is 0.0176. The predicted molar refractivity (Wildman–Crippen MR) is 93.3 cm³/mol. The zero-order chi connectivity index (χ0) is 18.8. The van der Waals surface area contributed by atoms with Gasteiger partial charge in [0.25, 0.3) is 5.91 Å². The molecule has 1 aliphatic rings. The van der Waals surface area contributed by atoms with Crippen molar-refractivity contribution in [3.63, 3.8) is 0 Å². The van der Waals surface area contributed by atoms with Crippen LogP contribution in [0.1, 0.15) is 10.5 Å². The fourth-order valence-corrected chi connectivity index (χ4v) is 3.13. The van der Waals surface area contributed by atoms with Crippen LogP contribution in [-0.2, 0) is 6.54 Å². The second kappa shape index (κ2) is 7.50. The summed E-state index contributed by atoms with van der Waals surface area (Å²) < 4.78 is 1.54. The Bertz CT molecular complexity index is 764. The zero-order valence-corrected chi connectivity index (χ0v) is 14.6. The molecule has 1 aromatic carbocycles. The minimum Gasteiger partial charge on any atom is -0.395 e. The van der Waals surface area contributed by atoms with Gasteiger partial charge >= 0.3 is 0 Å². The smallest absolute Gasteiger partial charge is 0.276 e. The zero-order valence-electron chi connectivity index (χ0n) is 14.6. The molecule has 2 aromatic rings. The minimum atomic E-state index is -1.07. The van der Waals surface area contributed by atoms with Crippen LogP contribution in [0.15, 0.2) is 30.3 Å². The number of aliphatic hydroxyl groups excluding tert-OH is 3. The SMILES string of the molecule is CN(C)C(=O)c1nnn(C[C@H]2N[C@H](CO)[C@@H](O)[C@@H]2O)c1-c1ccccc1. The molecule has 26 heavy (non-hydrogen) atoms. The number of carbonyl (C=O) groups excluding carboxylic acids is 1. The van der Waals surface area contributed by atoms with Gasteiger partial charge in [0, 0.05) is 19.7 Å². The highest BCUT2D eigenvalue weighted by atomic mass is 16.3. The fraction of sp³-hybridized carbons (Fsp3) is 0.471. The largest absolute Gasteiger partial charge is 0.395 e. The molecule has 9 nitrogen and oxygen atoms in total. The predicted octanol–water partition coefficient (Wildman–Crippen LogP) is -1.30. The van der Waals surface area contributed by atoms with Gasteiger partial charge in [-0.25, -0.2) is 4.68 Å². The van der Waals surface area contributed by atoms with Gasteiger partial charge in [0.2, 0.25) is 0 Å². The van der Waals surface area contributed by atoms with Crippen molar-refractivity contribution in [3.05, 3.63) is 36.0 Å². The van der Waals surface area contributed by atoms with E-state index in [4.69, 9.17) is 0 Å². The molecule has 0 spiro atoms. The van der Waals surface area contributed by atoms with E-state index < -0.39 is 24.3 Å². The number of carbonyl (C=O) groups is 1. The number of benzene rings is 1. The Labute approximate surface area is 150 Å². The molecule has 2 heterocycles. The van der Waals surface area contributed by atoms with Gasteiger partial charge < -0.3 is 25.5 Å². The summed E-state index contributed by atoms with van der Waals surface area (Å²) in [5.74, 6) is -0.275. The molecule has 140 valence electrons. The van der Waals surface area contributed by atoms with Crippen LogP contribution in [0.25, 0.3) is 11.3 Å². The first-order valence-electron chi connectivity index (χ1n) is 8.37. The van der Waals surface area contributed by atoms with E-state index in [0.717, 1.165) is 5.56 Å². The van der Waals surface area contributed by atoms with E-state index in [2.05, 4.69) is 15.6 Å². The molecule has 4 atom stereocenters. The summed E-state index contributed by atoms with van der Waals surface area (Å²) in [5, 5.41) is 40.6. The van der Waals surface area contributed by atoms with Crippen molar-refractivity contribution >= 4 is 5.91 Å². The Morgan fingerprint density at radius 2 is 1.85 bits per heavy atom. The highest BCUT2D eigenvalue weighted by molar-refractivity contribution is 5.97. The number of aromatic nitrogens is 3. The molecule has 1 amide bonds. The third-order valence-electron chi connectivity index (χ3n) is 4.56. The summed E-state index contributed by atoms with van der Waals surface area (Å²) >= 11 is 0. The van der Waals surface area contributed by atoms with E-state index in [1.165, 1.54) is 4.90 Å². The van der Waals surface area contributed by atoms with Gasteiger partial charge in [0.1, 0.15) is 5.69 Å². The molecular formula is C17H23N5O4. The Kier molecular flexibility index (Phi) is 5.33. The van der Waals surface area contributed by atoms with Crippen LogP contribution in [0.3, 0.4) is 0 Å². The normalized spacial score (nSPS) is 25.4. The average Bonchev–Trinajstić information content (AvgIpc) is 3.18. The lowest BCUT2D eigenvalue weighted by Crippen LogP contribution is -2.38. The second-order valence-corrected chi connectivity index (χ2v) is 6.58. The van der Waals surface area contributed by atoms with Crippen LogP contribution in [-0.4, -0.2) is 86.1 Å². The summed E-state index contributed by atoms with van der Waals surface area (Å²) in [5.41, 5.74) is 1.53. The molecule has 0 aliphatic carbocycles. The number of rotatable bonds is 5. The lowest BCUT2D eigenvalue weighted by Gasteiger charge is -2.17. The third-order valence-corrected chi connectivity index (χ3v) is 4.56. The number of hydrogen-bond acceptors (Lipinski definition) is 7. The molecule has 0 saturated carbocycles. The topological polar surface area (TPSA) is 124 Å². The van der Waals surface area contributed by atoms with Gasteiger partial charge in [0.15, 0.2) is 5.69 Å². The van der Waals surface area contributed by atoms with Crippen molar-refractivity contribution in [1.82, 2.24) is 25.2 Å². The van der Waals surface area contributed by atoms with Crippen LogP contribution in [0.2, 0.25) is 0 Å². The quantitative estimate of drug-likeness (QED) is 0.522. The van der Waals surface area contributed by atoms with Gasteiger partial charge in [-0.2, -0.15) is 0 Å². The van der Waals surface area contributed by atoms with Gasteiger partial charge in [-0.05, 0) is 0 Å². The summed E-state index contributed by atoms with van der Waals surface area (Å²) in [4.78, 5) is 13.9. The Morgan fingerprint density at radius 3 is 2.42 bits per heavy atom. The van der Waals surface area contributed by atoms with Crippen LogP contribution >= 0.6 is 0 Å². The highest BCUT2D eigenvalue weighted by Crippen LogP contribution is 2.25. The standard InChI is InChI=1S/C17H23N5O4/c1-21(2)17(26)13-14(10-6-4-3-5-7-10)22(20-19-13)8-11-15(24)16(25)12(9-23)18-11/h3-7,11-12,15-16,18,23-25H,8-9H2,1-2H3/t11-,12-,15-,16-/m1/s1. The second-order valence-electron chi connectivity index (χ2n) is 6.58. The average molecular weight is 361 g/mol.